The summed E-state index contributed by atoms with van der Waals surface area (Å²) in [5, 5.41) is 5.49. The molecule has 27 heavy (non-hydrogen) atoms. The van der Waals surface area contributed by atoms with Crippen molar-refractivity contribution in [3.8, 4) is 5.75 Å². The average Bonchev–Trinajstić information content (AvgIpc) is 2.69. The number of hydrogen-bond acceptors (Lipinski definition) is 4. The Balaban J connectivity index is 1.77. The van der Waals surface area contributed by atoms with E-state index in [1.807, 2.05) is 24.3 Å². The second-order valence-corrected chi connectivity index (χ2v) is 7.07. The first-order valence-corrected chi connectivity index (χ1v) is 9.12. The lowest BCUT2D eigenvalue weighted by Gasteiger charge is -2.36. The monoisotopic (exact) mass is 402 g/mol. The standard InChI is InChI=1S/C20H16Cl2N2O3/c1-26-20(6-7-27-18-9-16(22)15(21)8-14(18)20)19(25)24-17-11-23-10-12-4-2-3-5-13(12)17/h2-5,8-11H,6-7H2,1H3,(H,24,25)/t20-/m1/s1. The molecule has 0 radical (unpaired) electrons. The number of halogens is 2. The molecule has 5 nitrogen and oxygen atoms in total. The van der Waals surface area contributed by atoms with Crippen LogP contribution in [0.4, 0.5) is 5.69 Å². The van der Waals surface area contributed by atoms with Gasteiger partial charge in [0.05, 0.1) is 28.5 Å². The van der Waals surface area contributed by atoms with Gasteiger partial charge in [0.1, 0.15) is 5.75 Å². The van der Waals surface area contributed by atoms with Gasteiger partial charge >= 0.3 is 0 Å². The van der Waals surface area contributed by atoms with Crippen molar-refractivity contribution >= 4 is 45.6 Å². The van der Waals surface area contributed by atoms with Crippen molar-refractivity contribution < 1.29 is 14.3 Å². The normalized spacial score (nSPS) is 18.6. The maximum atomic E-state index is 13.3. The van der Waals surface area contributed by atoms with Crippen molar-refractivity contribution in [2.24, 2.45) is 0 Å². The number of methoxy groups -OCH3 is 1. The van der Waals surface area contributed by atoms with Gasteiger partial charge in [0.2, 0.25) is 0 Å². The third-order valence-corrected chi connectivity index (χ3v) is 5.52. The van der Waals surface area contributed by atoms with E-state index in [4.69, 9.17) is 32.7 Å². The van der Waals surface area contributed by atoms with Crippen LogP contribution >= 0.6 is 23.2 Å². The van der Waals surface area contributed by atoms with E-state index < -0.39 is 5.60 Å². The van der Waals surface area contributed by atoms with E-state index >= 15 is 0 Å². The maximum Gasteiger partial charge on any atom is 0.261 e. The summed E-state index contributed by atoms with van der Waals surface area (Å²) in [6, 6.07) is 10.9. The molecule has 0 spiro atoms. The highest BCUT2D eigenvalue weighted by Crippen LogP contribution is 2.44. The van der Waals surface area contributed by atoms with Gasteiger partial charge < -0.3 is 14.8 Å². The van der Waals surface area contributed by atoms with Gasteiger partial charge in [-0.3, -0.25) is 9.78 Å². The van der Waals surface area contributed by atoms with Gasteiger partial charge in [-0.05, 0) is 6.07 Å². The maximum absolute atomic E-state index is 13.3. The van der Waals surface area contributed by atoms with Crippen molar-refractivity contribution in [2.45, 2.75) is 12.0 Å². The number of benzene rings is 2. The second kappa shape index (κ2) is 7.00. The highest BCUT2D eigenvalue weighted by atomic mass is 35.5. The van der Waals surface area contributed by atoms with E-state index in [1.165, 1.54) is 7.11 Å². The lowest BCUT2D eigenvalue weighted by Crippen LogP contribution is -2.45. The summed E-state index contributed by atoms with van der Waals surface area (Å²) in [6.45, 7) is 0.319. The molecule has 1 atom stereocenters. The quantitative estimate of drug-likeness (QED) is 0.682. The zero-order valence-corrected chi connectivity index (χ0v) is 16.0. The molecule has 7 heteroatoms. The number of nitrogens with zero attached hydrogens (tertiary/aromatic N) is 1. The molecule has 1 aliphatic heterocycles. The number of rotatable bonds is 3. The summed E-state index contributed by atoms with van der Waals surface area (Å²) < 4.78 is 11.4. The molecular formula is C20H16Cl2N2O3. The van der Waals surface area contributed by atoms with Crippen LogP contribution in [0.15, 0.2) is 48.8 Å². The lowest BCUT2D eigenvalue weighted by molar-refractivity contribution is -0.142. The smallest absolute Gasteiger partial charge is 0.261 e. The number of fused-ring (bicyclic) bond motifs is 2. The number of carbonyl (C=O) groups excluding carboxylic acids is 1. The Morgan fingerprint density at radius 2 is 2.00 bits per heavy atom. The Labute approximate surface area is 166 Å². The number of carbonyl (C=O) groups is 1. The molecule has 1 aliphatic rings. The van der Waals surface area contributed by atoms with Crippen LogP contribution in [0.5, 0.6) is 5.75 Å². The molecular weight excluding hydrogens is 387 g/mol. The third kappa shape index (κ3) is 3.02. The van der Waals surface area contributed by atoms with Crippen LogP contribution in [0.1, 0.15) is 12.0 Å². The van der Waals surface area contributed by atoms with Crippen LogP contribution in [0, 0.1) is 0 Å². The van der Waals surface area contributed by atoms with Gasteiger partial charge in [0.25, 0.3) is 5.91 Å². The first-order valence-electron chi connectivity index (χ1n) is 8.37. The van der Waals surface area contributed by atoms with Gasteiger partial charge in [-0.15, -0.1) is 0 Å². The van der Waals surface area contributed by atoms with Gasteiger partial charge in [-0.2, -0.15) is 0 Å². The van der Waals surface area contributed by atoms with Crippen molar-refractivity contribution in [3.05, 3.63) is 64.4 Å². The Hall–Kier alpha value is -2.34. The Bertz CT molecular complexity index is 1040. The number of ether oxygens (including phenoxy) is 2. The summed E-state index contributed by atoms with van der Waals surface area (Å²) in [5.41, 5.74) is -0.0716. The molecule has 1 aromatic heterocycles. The highest BCUT2D eigenvalue weighted by Gasteiger charge is 2.45. The van der Waals surface area contributed by atoms with Gasteiger partial charge in [-0.25, -0.2) is 0 Å². The van der Waals surface area contributed by atoms with E-state index in [9.17, 15) is 4.79 Å². The van der Waals surface area contributed by atoms with E-state index in [-0.39, 0.29) is 5.91 Å². The van der Waals surface area contributed by atoms with Gasteiger partial charge in [-0.1, -0.05) is 47.5 Å². The van der Waals surface area contributed by atoms with Crippen molar-refractivity contribution in [3.63, 3.8) is 0 Å². The second-order valence-electron chi connectivity index (χ2n) is 6.25. The zero-order chi connectivity index (χ0) is 19.0. The number of hydrogen-bond donors (Lipinski definition) is 1. The van der Waals surface area contributed by atoms with Crippen LogP contribution in [0.2, 0.25) is 10.0 Å². The van der Waals surface area contributed by atoms with E-state index in [0.29, 0.717) is 40.1 Å². The summed E-state index contributed by atoms with van der Waals surface area (Å²) in [7, 11) is 1.50. The first-order chi connectivity index (χ1) is 13.0. The number of amides is 1. The molecule has 0 aliphatic carbocycles. The van der Waals surface area contributed by atoms with Gasteiger partial charge in [0.15, 0.2) is 5.60 Å². The predicted octanol–water partition coefficient (Wildman–Crippen LogP) is 4.80. The fourth-order valence-electron chi connectivity index (χ4n) is 3.38. The molecule has 0 fully saturated rings. The zero-order valence-electron chi connectivity index (χ0n) is 14.5. The minimum absolute atomic E-state index is 0.314. The SMILES string of the molecule is CO[C@]1(C(=O)Nc2cncc3ccccc23)CCOc2cc(Cl)c(Cl)cc21. The first kappa shape index (κ1) is 18.0. The summed E-state index contributed by atoms with van der Waals surface area (Å²) in [4.78, 5) is 17.5. The summed E-state index contributed by atoms with van der Waals surface area (Å²) in [5.74, 6) is 0.176. The molecule has 0 saturated carbocycles. The fourth-order valence-corrected chi connectivity index (χ4v) is 3.70. The van der Waals surface area contributed by atoms with Crippen molar-refractivity contribution in [1.29, 1.82) is 0 Å². The van der Waals surface area contributed by atoms with E-state index in [0.717, 1.165) is 10.8 Å². The molecule has 1 N–H and O–H groups in total. The third-order valence-electron chi connectivity index (χ3n) is 4.80. The molecule has 1 amide bonds. The predicted molar refractivity (Wildman–Crippen MR) is 106 cm³/mol. The summed E-state index contributed by atoms with van der Waals surface area (Å²) in [6.07, 6.45) is 3.72. The Morgan fingerprint density at radius 3 is 2.81 bits per heavy atom. The highest BCUT2D eigenvalue weighted by molar-refractivity contribution is 6.42. The molecule has 0 unspecified atom stereocenters. The van der Waals surface area contributed by atoms with E-state index in [2.05, 4.69) is 10.3 Å². The molecule has 4 rings (SSSR count). The number of pyridine rings is 1. The minimum atomic E-state index is -1.24. The van der Waals surface area contributed by atoms with Crippen molar-refractivity contribution in [2.75, 3.05) is 19.0 Å². The largest absolute Gasteiger partial charge is 0.493 e. The molecule has 0 saturated heterocycles. The number of aromatic nitrogens is 1. The van der Waals surface area contributed by atoms with Crippen LogP contribution in [-0.2, 0) is 15.1 Å². The fraction of sp³-hybridized carbons (Fsp3) is 0.200. The molecule has 3 aromatic rings. The molecule has 2 aromatic carbocycles. The van der Waals surface area contributed by atoms with Crippen LogP contribution < -0.4 is 10.1 Å². The lowest BCUT2D eigenvalue weighted by atomic mass is 9.86. The molecule has 138 valence electrons. The number of nitrogens with one attached hydrogen (secondary N) is 1. The van der Waals surface area contributed by atoms with Gasteiger partial charge in [0, 0.05) is 42.1 Å². The van der Waals surface area contributed by atoms with Crippen molar-refractivity contribution in [1.82, 2.24) is 4.98 Å². The minimum Gasteiger partial charge on any atom is -0.493 e. The summed E-state index contributed by atoms with van der Waals surface area (Å²) >= 11 is 12.3. The average molecular weight is 403 g/mol. The van der Waals surface area contributed by atoms with Crippen LogP contribution in [0.25, 0.3) is 10.8 Å². The van der Waals surface area contributed by atoms with Crippen LogP contribution in [-0.4, -0.2) is 24.6 Å². The Kier molecular flexibility index (Phi) is 4.68. The topological polar surface area (TPSA) is 60.5 Å². The molecule has 2 heterocycles. The van der Waals surface area contributed by atoms with E-state index in [1.54, 1.807) is 24.5 Å². The van der Waals surface area contributed by atoms with Crippen LogP contribution in [0.3, 0.4) is 0 Å². The molecule has 0 bridgehead atoms. The Morgan fingerprint density at radius 1 is 1.22 bits per heavy atom. The number of anilines is 1.